The topological polar surface area (TPSA) is 87.6 Å². The summed E-state index contributed by atoms with van der Waals surface area (Å²) in [6.45, 7) is 0.0450. The van der Waals surface area contributed by atoms with Gasteiger partial charge >= 0.3 is 0 Å². The maximum absolute atomic E-state index is 8.62. The smallest absolute Gasteiger partial charge is 0.204 e. The number of aromatic nitrogens is 5. The van der Waals surface area contributed by atoms with Crippen LogP contribution < -0.4 is 0 Å². The summed E-state index contributed by atoms with van der Waals surface area (Å²) in [5.74, 6) is 0.582. The first-order chi connectivity index (χ1) is 5.90. The van der Waals surface area contributed by atoms with Crippen LogP contribution in [0.2, 0.25) is 0 Å². The first kappa shape index (κ1) is 7.11. The SMILES string of the molecule is OCCc1ncc2n[nH]nc2n1. The Labute approximate surface area is 67.7 Å². The van der Waals surface area contributed by atoms with Gasteiger partial charge in [0.25, 0.3) is 0 Å². The van der Waals surface area contributed by atoms with Crippen molar-refractivity contribution in [3.05, 3.63) is 12.0 Å². The molecule has 6 nitrogen and oxygen atoms in total. The highest BCUT2D eigenvalue weighted by atomic mass is 16.3. The summed E-state index contributed by atoms with van der Waals surface area (Å²) in [5.41, 5.74) is 1.17. The summed E-state index contributed by atoms with van der Waals surface area (Å²) in [4.78, 5) is 8.02. The Morgan fingerprint density at radius 3 is 3.17 bits per heavy atom. The van der Waals surface area contributed by atoms with E-state index in [1.807, 2.05) is 0 Å². The van der Waals surface area contributed by atoms with Crippen LogP contribution in [0.4, 0.5) is 0 Å². The molecule has 0 aliphatic rings. The van der Waals surface area contributed by atoms with E-state index in [-0.39, 0.29) is 6.61 Å². The van der Waals surface area contributed by atoms with Gasteiger partial charge in [-0.2, -0.15) is 10.3 Å². The van der Waals surface area contributed by atoms with Crippen LogP contribution in [0.3, 0.4) is 0 Å². The molecule has 6 heteroatoms. The fourth-order valence-corrected chi connectivity index (χ4v) is 0.910. The standard InChI is InChI=1S/C6H7N5O/c12-2-1-5-7-3-4-6(8-5)10-11-9-4/h3,12H,1-2H2,(H,7,8,9,10,11). The summed E-state index contributed by atoms with van der Waals surface area (Å²) < 4.78 is 0. The number of nitrogens with one attached hydrogen (secondary N) is 1. The molecule has 0 aliphatic heterocycles. The van der Waals surface area contributed by atoms with Gasteiger partial charge in [0.15, 0.2) is 0 Å². The zero-order chi connectivity index (χ0) is 8.39. The molecule has 0 aliphatic carbocycles. The second-order valence-electron chi connectivity index (χ2n) is 2.29. The molecule has 0 unspecified atom stereocenters. The molecule has 2 aromatic rings. The predicted molar refractivity (Wildman–Crippen MR) is 40.3 cm³/mol. The Morgan fingerprint density at radius 1 is 1.42 bits per heavy atom. The van der Waals surface area contributed by atoms with Gasteiger partial charge in [-0.25, -0.2) is 9.97 Å². The van der Waals surface area contributed by atoms with Gasteiger partial charge in [0.2, 0.25) is 5.65 Å². The summed E-state index contributed by atoms with van der Waals surface area (Å²) in [6, 6.07) is 0. The molecule has 0 bridgehead atoms. The second kappa shape index (κ2) is 2.82. The van der Waals surface area contributed by atoms with Gasteiger partial charge in [-0.05, 0) is 0 Å². The third-order valence-corrected chi connectivity index (χ3v) is 1.46. The van der Waals surface area contributed by atoms with Crippen molar-refractivity contribution in [3.63, 3.8) is 0 Å². The highest BCUT2D eigenvalue weighted by Gasteiger charge is 2.01. The highest BCUT2D eigenvalue weighted by Crippen LogP contribution is 2.02. The Bertz CT molecular complexity index is 384. The number of fused-ring (bicyclic) bond motifs is 1. The van der Waals surface area contributed by atoms with Crippen LogP contribution >= 0.6 is 0 Å². The van der Waals surface area contributed by atoms with Crippen LogP contribution in [0, 0.1) is 0 Å². The van der Waals surface area contributed by atoms with Gasteiger partial charge in [-0.15, -0.1) is 5.10 Å². The fraction of sp³-hybridized carbons (Fsp3) is 0.333. The minimum absolute atomic E-state index is 0.0450. The van der Waals surface area contributed by atoms with E-state index < -0.39 is 0 Å². The maximum Gasteiger partial charge on any atom is 0.204 e. The monoisotopic (exact) mass is 165 g/mol. The molecule has 0 radical (unpaired) electrons. The molecule has 0 aromatic carbocycles. The zero-order valence-electron chi connectivity index (χ0n) is 6.23. The average Bonchev–Trinajstić information content (AvgIpc) is 2.51. The molecule has 62 valence electrons. The molecule has 0 saturated heterocycles. The lowest BCUT2D eigenvalue weighted by Gasteiger charge is -1.93. The number of nitrogens with zero attached hydrogens (tertiary/aromatic N) is 4. The first-order valence-corrected chi connectivity index (χ1v) is 3.53. The number of hydrogen-bond donors (Lipinski definition) is 2. The lowest BCUT2D eigenvalue weighted by Crippen LogP contribution is -1.97. The third kappa shape index (κ3) is 1.12. The normalized spacial score (nSPS) is 10.8. The minimum Gasteiger partial charge on any atom is -0.396 e. The average molecular weight is 165 g/mol. The molecule has 0 spiro atoms. The van der Waals surface area contributed by atoms with E-state index in [1.165, 1.54) is 0 Å². The highest BCUT2D eigenvalue weighted by molar-refractivity contribution is 5.66. The van der Waals surface area contributed by atoms with Crippen molar-refractivity contribution < 1.29 is 5.11 Å². The van der Waals surface area contributed by atoms with Crippen molar-refractivity contribution in [1.29, 1.82) is 0 Å². The molecule has 2 aromatic heterocycles. The van der Waals surface area contributed by atoms with Crippen LogP contribution in [0.15, 0.2) is 6.20 Å². The van der Waals surface area contributed by atoms with Crippen LogP contribution in [-0.2, 0) is 6.42 Å². The van der Waals surface area contributed by atoms with Crippen LogP contribution in [0.5, 0.6) is 0 Å². The quantitative estimate of drug-likeness (QED) is 0.613. The largest absolute Gasteiger partial charge is 0.396 e. The van der Waals surface area contributed by atoms with Gasteiger partial charge in [0, 0.05) is 6.42 Å². The first-order valence-electron chi connectivity index (χ1n) is 3.53. The number of H-pyrrole nitrogens is 1. The predicted octanol–water partition coefficient (Wildman–Crippen LogP) is -0.717. The molecule has 2 rings (SSSR count). The molecule has 2 heterocycles. The van der Waals surface area contributed by atoms with Crippen LogP contribution in [0.1, 0.15) is 5.82 Å². The van der Waals surface area contributed by atoms with Crippen molar-refractivity contribution in [2.24, 2.45) is 0 Å². The molecule has 0 atom stereocenters. The molecule has 0 saturated carbocycles. The van der Waals surface area contributed by atoms with Crippen molar-refractivity contribution in [2.45, 2.75) is 6.42 Å². The number of aromatic amines is 1. The van der Waals surface area contributed by atoms with Gasteiger partial charge in [0.05, 0.1) is 12.8 Å². The molecule has 12 heavy (non-hydrogen) atoms. The second-order valence-corrected chi connectivity index (χ2v) is 2.29. The van der Waals surface area contributed by atoms with E-state index in [4.69, 9.17) is 5.11 Å². The number of hydrogen-bond acceptors (Lipinski definition) is 5. The molecule has 2 N–H and O–H groups in total. The lowest BCUT2D eigenvalue weighted by atomic mass is 10.4. The van der Waals surface area contributed by atoms with Crippen molar-refractivity contribution in [2.75, 3.05) is 6.61 Å². The van der Waals surface area contributed by atoms with Crippen molar-refractivity contribution >= 4 is 11.2 Å². The lowest BCUT2D eigenvalue weighted by molar-refractivity contribution is 0.296. The summed E-state index contributed by atoms with van der Waals surface area (Å²) >= 11 is 0. The minimum atomic E-state index is 0.0450. The van der Waals surface area contributed by atoms with Gasteiger partial charge < -0.3 is 5.11 Å². The maximum atomic E-state index is 8.62. The fourth-order valence-electron chi connectivity index (χ4n) is 0.910. The number of rotatable bonds is 2. The Hall–Kier alpha value is -1.56. The van der Waals surface area contributed by atoms with Crippen LogP contribution in [-0.4, -0.2) is 37.1 Å². The van der Waals surface area contributed by atoms with E-state index in [0.717, 1.165) is 0 Å². The van der Waals surface area contributed by atoms with E-state index in [1.54, 1.807) is 6.20 Å². The zero-order valence-corrected chi connectivity index (χ0v) is 6.23. The summed E-state index contributed by atoms with van der Waals surface area (Å²) in [5, 5.41) is 18.6. The van der Waals surface area contributed by atoms with Gasteiger partial charge in [-0.3, -0.25) is 0 Å². The molecular formula is C6H7N5O. The van der Waals surface area contributed by atoms with E-state index in [9.17, 15) is 0 Å². The van der Waals surface area contributed by atoms with E-state index >= 15 is 0 Å². The Kier molecular flexibility index (Phi) is 1.67. The summed E-state index contributed by atoms with van der Waals surface area (Å²) in [6.07, 6.45) is 2.03. The molecule has 0 fully saturated rings. The van der Waals surface area contributed by atoms with E-state index in [2.05, 4.69) is 25.4 Å². The summed E-state index contributed by atoms with van der Waals surface area (Å²) in [7, 11) is 0. The van der Waals surface area contributed by atoms with Gasteiger partial charge in [-0.1, -0.05) is 0 Å². The Morgan fingerprint density at radius 2 is 2.33 bits per heavy atom. The van der Waals surface area contributed by atoms with E-state index in [0.29, 0.717) is 23.4 Å². The van der Waals surface area contributed by atoms with Crippen molar-refractivity contribution in [1.82, 2.24) is 25.4 Å². The number of aliphatic hydroxyl groups is 1. The molecular weight excluding hydrogens is 158 g/mol. The third-order valence-electron chi connectivity index (χ3n) is 1.46. The Balaban J connectivity index is 2.46. The van der Waals surface area contributed by atoms with Crippen LogP contribution in [0.25, 0.3) is 11.2 Å². The molecule has 0 amide bonds. The van der Waals surface area contributed by atoms with Gasteiger partial charge in [0.1, 0.15) is 11.3 Å². The number of aliphatic hydroxyl groups excluding tert-OH is 1. The van der Waals surface area contributed by atoms with Crippen molar-refractivity contribution in [3.8, 4) is 0 Å².